The van der Waals surface area contributed by atoms with Gasteiger partial charge in [-0.2, -0.15) is 0 Å². The number of anilines is 1. The number of rotatable bonds is 5. The van der Waals surface area contributed by atoms with E-state index in [1.165, 1.54) is 16.2 Å². The Morgan fingerprint density at radius 1 is 1.55 bits per heavy atom. The summed E-state index contributed by atoms with van der Waals surface area (Å²) in [5.41, 5.74) is 0. The minimum absolute atomic E-state index is 0.200. The van der Waals surface area contributed by atoms with E-state index in [2.05, 4.69) is 22.5 Å². The molecule has 0 unspecified atom stereocenters. The number of aliphatic hydroxyl groups excluding tert-OH is 1. The van der Waals surface area contributed by atoms with Crippen LogP contribution in [0.5, 0.6) is 0 Å². The molecule has 112 valence electrons. The van der Waals surface area contributed by atoms with E-state index in [4.69, 9.17) is 0 Å². The van der Waals surface area contributed by atoms with Gasteiger partial charge in [-0.15, -0.1) is 11.3 Å². The van der Waals surface area contributed by atoms with Gasteiger partial charge >= 0.3 is 6.03 Å². The normalized spacial score (nSPS) is 22.5. The van der Waals surface area contributed by atoms with Crippen LogP contribution in [0.15, 0.2) is 6.20 Å². The van der Waals surface area contributed by atoms with Crippen LogP contribution >= 0.6 is 11.3 Å². The summed E-state index contributed by atoms with van der Waals surface area (Å²) in [5.74, 6) is 0.386. The minimum Gasteiger partial charge on any atom is -0.393 e. The van der Waals surface area contributed by atoms with E-state index in [0.717, 1.165) is 38.5 Å². The van der Waals surface area contributed by atoms with Crippen molar-refractivity contribution in [2.24, 2.45) is 5.92 Å². The first kappa shape index (κ1) is 15.3. The van der Waals surface area contributed by atoms with E-state index in [1.807, 2.05) is 6.20 Å². The lowest BCUT2D eigenvalue weighted by molar-refractivity contribution is 0.101. The summed E-state index contributed by atoms with van der Waals surface area (Å²) >= 11 is 1.52. The number of thiazole rings is 1. The molecule has 0 bridgehead atoms. The SMILES string of the molecule is CCCc1cnc(NC(=O)NC[C@@H]2CCC[C@H](O)C2)s1. The fourth-order valence-corrected chi connectivity index (χ4v) is 3.46. The number of amides is 2. The molecule has 0 radical (unpaired) electrons. The van der Waals surface area contributed by atoms with E-state index < -0.39 is 0 Å². The summed E-state index contributed by atoms with van der Waals surface area (Å²) in [6.45, 7) is 2.74. The van der Waals surface area contributed by atoms with Crippen molar-refractivity contribution >= 4 is 22.5 Å². The highest BCUT2D eigenvalue weighted by atomic mass is 32.1. The van der Waals surface area contributed by atoms with Gasteiger partial charge in [0, 0.05) is 17.6 Å². The summed E-state index contributed by atoms with van der Waals surface area (Å²) in [7, 11) is 0. The summed E-state index contributed by atoms with van der Waals surface area (Å²) < 4.78 is 0. The Labute approximate surface area is 123 Å². The second kappa shape index (κ2) is 7.59. The fraction of sp³-hybridized carbons (Fsp3) is 0.714. The first-order chi connectivity index (χ1) is 9.67. The third kappa shape index (κ3) is 4.76. The molecule has 2 atom stereocenters. The average molecular weight is 297 g/mol. The molecule has 2 amide bonds. The standard InChI is InChI=1S/C14H23N3O2S/c1-2-4-12-9-16-14(20-12)17-13(19)15-8-10-5-3-6-11(18)7-10/h9-11,18H,2-8H2,1H3,(H2,15,16,17,19)/t10-,11+/m1/s1. The molecule has 0 aromatic carbocycles. The Morgan fingerprint density at radius 2 is 2.40 bits per heavy atom. The molecule has 1 aromatic heterocycles. The van der Waals surface area contributed by atoms with Crippen molar-refractivity contribution < 1.29 is 9.90 Å². The summed E-state index contributed by atoms with van der Waals surface area (Å²) in [4.78, 5) is 17.2. The first-order valence-electron chi connectivity index (χ1n) is 7.35. The lowest BCUT2D eigenvalue weighted by Crippen LogP contribution is -2.35. The zero-order chi connectivity index (χ0) is 14.4. The molecule has 1 aromatic rings. The molecule has 1 saturated carbocycles. The second-order valence-electron chi connectivity index (χ2n) is 5.40. The van der Waals surface area contributed by atoms with E-state index in [-0.39, 0.29) is 12.1 Å². The Hall–Kier alpha value is -1.14. The van der Waals surface area contributed by atoms with Crippen molar-refractivity contribution in [3.63, 3.8) is 0 Å². The van der Waals surface area contributed by atoms with Gasteiger partial charge in [-0.05, 0) is 31.6 Å². The number of carbonyl (C=O) groups excluding carboxylic acids is 1. The van der Waals surface area contributed by atoms with Crippen molar-refractivity contribution in [1.29, 1.82) is 0 Å². The Morgan fingerprint density at radius 3 is 3.15 bits per heavy atom. The molecular formula is C14H23N3O2S. The molecular weight excluding hydrogens is 274 g/mol. The second-order valence-corrected chi connectivity index (χ2v) is 6.52. The lowest BCUT2D eigenvalue weighted by Gasteiger charge is -2.25. The van der Waals surface area contributed by atoms with Crippen LogP contribution < -0.4 is 10.6 Å². The van der Waals surface area contributed by atoms with Crippen molar-refractivity contribution in [2.75, 3.05) is 11.9 Å². The summed E-state index contributed by atoms with van der Waals surface area (Å²) in [6.07, 6.45) is 7.51. The van der Waals surface area contributed by atoms with Crippen molar-refractivity contribution in [3.8, 4) is 0 Å². The van der Waals surface area contributed by atoms with Crippen LogP contribution in [0.4, 0.5) is 9.93 Å². The van der Waals surface area contributed by atoms with Gasteiger partial charge in [-0.3, -0.25) is 5.32 Å². The van der Waals surface area contributed by atoms with Crippen LogP contribution in [0, 0.1) is 5.92 Å². The number of nitrogens with zero attached hydrogens (tertiary/aromatic N) is 1. The maximum absolute atomic E-state index is 11.8. The predicted octanol–water partition coefficient (Wildman–Crippen LogP) is 2.77. The summed E-state index contributed by atoms with van der Waals surface area (Å²) in [6, 6.07) is -0.206. The largest absolute Gasteiger partial charge is 0.393 e. The van der Waals surface area contributed by atoms with Crippen molar-refractivity contribution in [3.05, 3.63) is 11.1 Å². The van der Waals surface area contributed by atoms with Crippen LogP contribution in [0.25, 0.3) is 0 Å². The highest BCUT2D eigenvalue weighted by Gasteiger charge is 2.20. The van der Waals surface area contributed by atoms with Crippen molar-refractivity contribution in [2.45, 2.75) is 51.6 Å². The van der Waals surface area contributed by atoms with Crippen LogP contribution in [0.3, 0.4) is 0 Å². The molecule has 1 heterocycles. The maximum atomic E-state index is 11.8. The van der Waals surface area contributed by atoms with E-state index in [1.54, 1.807) is 0 Å². The molecule has 1 fully saturated rings. The molecule has 20 heavy (non-hydrogen) atoms. The molecule has 5 nitrogen and oxygen atoms in total. The number of aromatic nitrogens is 1. The van der Waals surface area contributed by atoms with Crippen LogP contribution in [-0.2, 0) is 6.42 Å². The van der Waals surface area contributed by atoms with E-state index in [9.17, 15) is 9.90 Å². The third-order valence-corrected chi connectivity index (χ3v) is 4.55. The molecule has 0 aliphatic heterocycles. The molecule has 6 heteroatoms. The van der Waals surface area contributed by atoms with Crippen LogP contribution in [0.1, 0.15) is 43.9 Å². The number of aryl methyl sites for hydroxylation is 1. The Bertz CT molecular complexity index is 436. The monoisotopic (exact) mass is 297 g/mol. The molecule has 3 N–H and O–H groups in total. The van der Waals surface area contributed by atoms with Gasteiger partial charge in [0.1, 0.15) is 0 Å². The van der Waals surface area contributed by atoms with Gasteiger partial charge < -0.3 is 10.4 Å². The van der Waals surface area contributed by atoms with Gasteiger partial charge in [0.2, 0.25) is 0 Å². The molecule has 2 rings (SSSR count). The Kier molecular flexibility index (Phi) is 5.79. The lowest BCUT2D eigenvalue weighted by atomic mass is 9.87. The molecule has 1 aliphatic carbocycles. The maximum Gasteiger partial charge on any atom is 0.321 e. The quantitative estimate of drug-likeness (QED) is 0.782. The predicted molar refractivity (Wildman–Crippen MR) is 81.1 cm³/mol. The number of hydrogen-bond donors (Lipinski definition) is 3. The minimum atomic E-state index is -0.206. The number of aliphatic hydroxyl groups is 1. The zero-order valence-corrected chi connectivity index (χ0v) is 12.7. The van der Waals surface area contributed by atoms with Gasteiger partial charge in [0.15, 0.2) is 5.13 Å². The number of carbonyl (C=O) groups is 1. The van der Waals surface area contributed by atoms with Crippen LogP contribution in [0.2, 0.25) is 0 Å². The smallest absolute Gasteiger partial charge is 0.321 e. The third-order valence-electron chi connectivity index (χ3n) is 3.58. The van der Waals surface area contributed by atoms with Gasteiger partial charge in [-0.1, -0.05) is 19.8 Å². The first-order valence-corrected chi connectivity index (χ1v) is 8.16. The Balaban J connectivity index is 1.71. The zero-order valence-electron chi connectivity index (χ0n) is 11.9. The fourth-order valence-electron chi connectivity index (χ4n) is 2.55. The average Bonchev–Trinajstić information content (AvgIpc) is 2.84. The topological polar surface area (TPSA) is 74.2 Å². The molecule has 1 aliphatic rings. The summed E-state index contributed by atoms with van der Waals surface area (Å²) in [5, 5.41) is 15.9. The van der Waals surface area contributed by atoms with Gasteiger partial charge in [-0.25, -0.2) is 9.78 Å². The van der Waals surface area contributed by atoms with Crippen molar-refractivity contribution in [1.82, 2.24) is 10.3 Å². The molecule has 0 spiro atoms. The number of hydrogen-bond acceptors (Lipinski definition) is 4. The van der Waals surface area contributed by atoms with Crippen LogP contribution in [-0.4, -0.2) is 28.8 Å². The number of nitrogens with one attached hydrogen (secondary N) is 2. The highest BCUT2D eigenvalue weighted by molar-refractivity contribution is 7.15. The van der Waals surface area contributed by atoms with E-state index >= 15 is 0 Å². The van der Waals surface area contributed by atoms with E-state index in [0.29, 0.717) is 17.6 Å². The van der Waals surface area contributed by atoms with Gasteiger partial charge in [0.05, 0.1) is 6.10 Å². The molecule has 0 saturated heterocycles. The highest BCUT2D eigenvalue weighted by Crippen LogP contribution is 2.23. The number of urea groups is 1. The van der Waals surface area contributed by atoms with Gasteiger partial charge in [0.25, 0.3) is 0 Å².